The van der Waals surface area contributed by atoms with E-state index in [0.717, 1.165) is 41.1 Å². The molecule has 0 aliphatic carbocycles. The van der Waals surface area contributed by atoms with Gasteiger partial charge >= 0.3 is 0 Å². The number of benzene rings is 2. The minimum atomic E-state index is -0.150. The number of anilines is 1. The highest BCUT2D eigenvalue weighted by Gasteiger charge is 2.14. The maximum absolute atomic E-state index is 12.8. The van der Waals surface area contributed by atoms with Crippen LogP contribution >= 0.6 is 28.3 Å². The average molecular weight is 576 g/mol. The number of amides is 1. The van der Waals surface area contributed by atoms with Crippen molar-refractivity contribution in [3.8, 4) is 5.75 Å². The van der Waals surface area contributed by atoms with Crippen LogP contribution in [0.4, 0.5) is 5.82 Å². The van der Waals surface area contributed by atoms with Gasteiger partial charge in [0.05, 0.1) is 13.2 Å². The zero-order valence-electron chi connectivity index (χ0n) is 21.3. The largest absolute Gasteiger partial charge is 0.493 e. The van der Waals surface area contributed by atoms with Crippen molar-refractivity contribution >= 4 is 40.1 Å². The lowest BCUT2D eigenvalue weighted by atomic mass is 10.1. The van der Waals surface area contributed by atoms with Crippen LogP contribution in [-0.4, -0.2) is 40.3 Å². The molecule has 194 valence electrons. The first-order valence-electron chi connectivity index (χ1n) is 12.5. The highest BCUT2D eigenvalue weighted by Crippen LogP contribution is 2.25. The lowest BCUT2D eigenvalue weighted by Crippen LogP contribution is -2.29. The van der Waals surface area contributed by atoms with E-state index in [1.54, 1.807) is 0 Å². The minimum absolute atomic E-state index is 0. The molecule has 1 N–H and O–H groups in total. The molecular formula is C28H36BrClN4O2. The smallest absolute Gasteiger partial charge is 0.256 e. The number of carbonyl (C=O) groups excluding carboxylic acids is 1. The fourth-order valence-corrected chi connectivity index (χ4v) is 4.70. The van der Waals surface area contributed by atoms with Crippen molar-refractivity contribution in [2.75, 3.05) is 25.0 Å². The predicted molar refractivity (Wildman–Crippen MR) is 151 cm³/mol. The summed E-state index contributed by atoms with van der Waals surface area (Å²) >= 11 is 3.56. The summed E-state index contributed by atoms with van der Waals surface area (Å²) in [5.41, 5.74) is 3.88. The summed E-state index contributed by atoms with van der Waals surface area (Å²) in [6, 6.07) is 15.8. The van der Waals surface area contributed by atoms with Crippen molar-refractivity contribution < 1.29 is 9.53 Å². The SMILES string of the molecule is Cc1cc(NC(=O)c2ccc(CN3CCCCC3)cc2)nn1Cc1cc(Br)ccc1OCC(C)C.Cl. The zero-order valence-corrected chi connectivity index (χ0v) is 23.7. The molecule has 8 heteroatoms. The molecule has 0 unspecified atom stereocenters. The monoisotopic (exact) mass is 574 g/mol. The third kappa shape index (κ3) is 7.82. The van der Waals surface area contributed by atoms with Crippen LogP contribution in [0.5, 0.6) is 5.75 Å². The lowest BCUT2D eigenvalue weighted by Gasteiger charge is -2.26. The number of aromatic nitrogens is 2. The molecule has 0 spiro atoms. The maximum atomic E-state index is 12.8. The lowest BCUT2D eigenvalue weighted by molar-refractivity contribution is 0.102. The van der Waals surface area contributed by atoms with Crippen LogP contribution in [0.2, 0.25) is 0 Å². The number of halogens is 2. The van der Waals surface area contributed by atoms with E-state index in [2.05, 4.69) is 63.3 Å². The van der Waals surface area contributed by atoms with E-state index in [1.807, 2.05) is 41.9 Å². The molecule has 1 fully saturated rings. The molecule has 1 saturated heterocycles. The Balaban J connectivity index is 0.00000361. The number of likely N-dealkylation sites (tertiary alicyclic amines) is 1. The van der Waals surface area contributed by atoms with Crippen molar-refractivity contribution in [1.82, 2.24) is 14.7 Å². The Hall–Kier alpha value is -2.35. The van der Waals surface area contributed by atoms with Gasteiger partial charge in [-0.3, -0.25) is 14.4 Å². The number of nitrogens with zero attached hydrogens (tertiary/aromatic N) is 3. The van der Waals surface area contributed by atoms with E-state index in [0.29, 0.717) is 30.5 Å². The molecule has 1 aliphatic heterocycles. The molecule has 1 aliphatic rings. The first-order chi connectivity index (χ1) is 16.9. The Morgan fingerprint density at radius 2 is 1.78 bits per heavy atom. The second kappa shape index (κ2) is 13.3. The molecular weight excluding hydrogens is 540 g/mol. The van der Waals surface area contributed by atoms with Crippen molar-refractivity contribution in [2.24, 2.45) is 5.92 Å². The summed E-state index contributed by atoms with van der Waals surface area (Å²) in [5, 5.41) is 7.59. The van der Waals surface area contributed by atoms with Crippen molar-refractivity contribution in [1.29, 1.82) is 0 Å². The highest BCUT2D eigenvalue weighted by atomic mass is 79.9. The number of carbonyl (C=O) groups is 1. The second-order valence-corrected chi connectivity index (χ2v) is 10.7. The molecule has 0 radical (unpaired) electrons. The number of nitrogens with one attached hydrogen (secondary N) is 1. The summed E-state index contributed by atoms with van der Waals surface area (Å²) in [6.45, 7) is 10.7. The molecule has 1 amide bonds. The molecule has 0 atom stereocenters. The fourth-order valence-electron chi connectivity index (χ4n) is 4.29. The molecule has 36 heavy (non-hydrogen) atoms. The van der Waals surface area contributed by atoms with Gasteiger partial charge in [0.2, 0.25) is 0 Å². The predicted octanol–water partition coefficient (Wildman–Crippen LogP) is 6.70. The minimum Gasteiger partial charge on any atom is -0.493 e. The normalized spacial score (nSPS) is 13.9. The number of hydrogen-bond acceptors (Lipinski definition) is 4. The first-order valence-corrected chi connectivity index (χ1v) is 13.2. The number of rotatable bonds is 9. The van der Waals surface area contributed by atoms with Crippen molar-refractivity contribution in [3.63, 3.8) is 0 Å². The molecule has 4 rings (SSSR count). The molecule has 3 aromatic rings. The van der Waals surface area contributed by atoms with E-state index in [-0.39, 0.29) is 18.3 Å². The summed E-state index contributed by atoms with van der Waals surface area (Å²) in [6.07, 6.45) is 3.89. The Kier molecular flexibility index (Phi) is 10.4. The molecule has 6 nitrogen and oxygen atoms in total. The van der Waals surface area contributed by atoms with E-state index >= 15 is 0 Å². The molecule has 0 bridgehead atoms. The number of hydrogen-bond donors (Lipinski definition) is 1. The summed E-state index contributed by atoms with van der Waals surface area (Å²) in [7, 11) is 0. The van der Waals surface area contributed by atoms with Gasteiger partial charge in [0.25, 0.3) is 5.91 Å². The van der Waals surface area contributed by atoms with Crippen molar-refractivity contribution in [3.05, 3.63) is 75.4 Å². The van der Waals surface area contributed by atoms with E-state index in [4.69, 9.17) is 4.74 Å². The number of ether oxygens (including phenoxy) is 1. The van der Waals surface area contributed by atoms with Crippen LogP contribution < -0.4 is 10.1 Å². The molecule has 2 heterocycles. The number of aryl methyl sites for hydroxylation is 1. The molecule has 1 aromatic heterocycles. The quantitative estimate of drug-likeness (QED) is 0.309. The van der Waals surface area contributed by atoms with Crippen LogP contribution in [0.25, 0.3) is 0 Å². The Bertz CT molecular complexity index is 1140. The van der Waals surface area contributed by atoms with Crippen molar-refractivity contribution in [2.45, 2.75) is 53.1 Å². The summed E-state index contributed by atoms with van der Waals surface area (Å²) < 4.78 is 8.90. The number of piperidine rings is 1. The topological polar surface area (TPSA) is 59.4 Å². The highest BCUT2D eigenvalue weighted by molar-refractivity contribution is 9.10. The van der Waals surface area contributed by atoms with Gasteiger partial charge < -0.3 is 10.1 Å². The van der Waals surface area contributed by atoms with Crippen LogP contribution in [0.15, 0.2) is 53.0 Å². The van der Waals surface area contributed by atoms with Gasteiger partial charge in [-0.15, -0.1) is 12.4 Å². The second-order valence-electron chi connectivity index (χ2n) is 9.77. The molecule has 2 aromatic carbocycles. The Morgan fingerprint density at radius 3 is 2.47 bits per heavy atom. The van der Waals surface area contributed by atoms with E-state index in [9.17, 15) is 4.79 Å². The first kappa shape index (κ1) is 28.2. The van der Waals surface area contributed by atoms with Crippen LogP contribution in [0.1, 0.15) is 60.3 Å². The average Bonchev–Trinajstić information content (AvgIpc) is 3.17. The van der Waals surface area contributed by atoms with E-state index in [1.165, 1.54) is 24.8 Å². The van der Waals surface area contributed by atoms with Gasteiger partial charge in [0, 0.05) is 33.9 Å². The van der Waals surface area contributed by atoms with E-state index < -0.39 is 0 Å². The van der Waals surface area contributed by atoms with Gasteiger partial charge in [0.15, 0.2) is 5.82 Å². The standard InChI is InChI=1S/C28H35BrN4O2.ClH/c1-20(2)19-35-26-12-11-25(29)16-24(26)18-33-21(3)15-27(31-33)30-28(34)23-9-7-22(8-10-23)17-32-13-5-4-6-14-32;/h7-12,15-16,20H,4-6,13-14,17-19H2,1-3H3,(H,30,31,34);1H. The van der Waals surface area contributed by atoms with Gasteiger partial charge in [-0.1, -0.05) is 48.3 Å². The van der Waals surface area contributed by atoms with Gasteiger partial charge in [-0.2, -0.15) is 5.10 Å². The van der Waals surface area contributed by atoms with Crippen LogP contribution in [-0.2, 0) is 13.1 Å². The Labute approximate surface area is 228 Å². The fraction of sp³-hybridized carbons (Fsp3) is 0.429. The molecule has 0 saturated carbocycles. The van der Waals surface area contributed by atoms with Crippen LogP contribution in [0.3, 0.4) is 0 Å². The van der Waals surface area contributed by atoms with Gasteiger partial charge in [0.1, 0.15) is 5.75 Å². The summed E-state index contributed by atoms with van der Waals surface area (Å²) in [5.74, 6) is 1.69. The van der Waals surface area contributed by atoms with Gasteiger partial charge in [-0.25, -0.2) is 0 Å². The van der Waals surface area contributed by atoms with Gasteiger partial charge in [-0.05, 0) is 74.7 Å². The maximum Gasteiger partial charge on any atom is 0.256 e. The third-order valence-electron chi connectivity index (χ3n) is 6.21. The Morgan fingerprint density at radius 1 is 1.06 bits per heavy atom. The summed E-state index contributed by atoms with van der Waals surface area (Å²) in [4.78, 5) is 15.3. The van der Waals surface area contributed by atoms with Crippen LogP contribution in [0, 0.1) is 12.8 Å². The third-order valence-corrected chi connectivity index (χ3v) is 6.70. The zero-order chi connectivity index (χ0) is 24.8.